The Hall–Kier alpha value is -0.830. The van der Waals surface area contributed by atoms with Crippen molar-refractivity contribution in [1.29, 1.82) is 0 Å². The molecular formula is C10H11BrN2. The Morgan fingerprint density at radius 1 is 1.38 bits per heavy atom. The number of aromatic nitrogens is 2. The van der Waals surface area contributed by atoms with Crippen LogP contribution in [0.25, 0.3) is 10.9 Å². The van der Waals surface area contributed by atoms with Gasteiger partial charge in [0.15, 0.2) is 0 Å². The molecule has 0 fully saturated rings. The van der Waals surface area contributed by atoms with Crippen LogP contribution in [0.1, 0.15) is 25.3 Å². The first-order valence-corrected chi connectivity index (χ1v) is 5.03. The molecule has 1 heterocycles. The van der Waals surface area contributed by atoms with Gasteiger partial charge < -0.3 is 0 Å². The zero-order chi connectivity index (χ0) is 9.42. The summed E-state index contributed by atoms with van der Waals surface area (Å²) in [4.78, 5) is 0. The summed E-state index contributed by atoms with van der Waals surface area (Å²) in [7, 11) is 0. The Morgan fingerprint density at radius 2 is 2.15 bits per heavy atom. The number of halogens is 1. The van der Waals surface area contributed by atoms with Crippen LogP contribution in [0.15, 0.2) is 24.4 Å². The van der Waals surface area contributed by atoms with Gasteiger partial charge >= 0.3 is 0 Å². The molecule has 0 saturated heterocycles. The van der Waals surface area contributed by atoms with Crippen LogP contribution in [0.4, 0.5) is 0 Å². The lowest BCUT2D eigenvalue weighted by Gasteiger charge is -2.04. The van der Waals surface area contributed by atoms with Gasteiger partial charge in [-0.15, -0.1) is 0 Å². The molecule has 2 rings (SSSR count). The normalized spacial score (nSPS) is 11.4. The molecule has 3 heteroatoms. The summed E-state index contributed by atoms with van der Waals surface area (Å²) in [6, 6.07) is 6.42. The fourth-order valence-electron chi connectivity index (χ4n) is 1.38. The smallest absolute Gasteiger partial charge is 0.0813 e. The molecular weight excluding hydrogens is 228 g/mol. The molecule has 0 atom stereocenters. The van der Waals surface area contributed by atoms with Gasteiger partial charge in [-0.3, -0.25) is 0 Å². The van der Waals surface area contributed by atoms with Crippen molar-refractivity contribution in [2.45, 2.75) is 19.8 Å². The second-order valence-corrected chi connectivity index (χ2v) is 4.15. The maximum Gasteiger partial charge on any atom is 0.0813 e. The monoisotopic (exact) mass is 238 g/mol. The maximum atomic E-state index is 4.13. The number of hydrogen-bond acceptors (Lipinski definition) is 1. The first-order chi connectivity index (χ1) is 6.18. The van der Waals surface area contributed by atoms with Crippen molar-refractivity contribution < 1.29 is 0 Å². The van der Waals surface area contributed by atoms with E-state index in [9.17, 15) is 0 Å². The minimum atomic E-state index is 0.572. The molecule has 2 aromatic rings. The van der Waals surface area contributed by atoms with E-state index in [1.54, 1.807) is 3.71 Å². The van der Waals surface area contributed by atoms with Crippen molar-refractivity contribution in [3.8, 4) is 0 Å². The quantitative estimate of drug-likeness (QED) is 0.746. The highest BCUT2D eigenvalue weighted by atomic mass is 79.9. The first kappa shape index (κ1) is 8.75. The van der Waals surface area contributed by atoms with Crippen molar-refractivity contribution >= 4 is 27.1 Å². The van der Waals surface area contributed by atoms with E-state index in [2.05, 4.69) is 53.3 Å². The molecule has 0 saturated carbocycles. The fraction of sp³-hybridized carbons (Fsp3) is 0.300. The van der Waals surface area contributed by atoms with Crippen LogP contribution in [0, 0.1) is 0 Å². The number of nitrogens with zero attached hydrogens (tertiary/aromatic N) is 2. The number of benzene rings is 1. The Kier molecular flexibility index (Phi) is 2.12. The third-order valence-corrected chi connectivity index (χ3v) is 2.78. The predicted molar refractivity (Wildman–Crippen MR) is 58.1 cm³/mol. The summed E-state index contributed by atoms with van der Waals surface area (Å²) in [5, 5.41) is 5.31. The summed E-state index contributed by atoms with van der Waals surface area (Å²) in [6.07, 6.45) is 1.87. The molecule has 1 aromatic carbocycles. The number of rotatable bonds is 1. The number of fused-ring (bicyclic) bond motifs is 1. The molecule has 13 heavy (non-hydrogen) atoms. The molecule has 0 aliphatic carbocycles. The highest BCUT2D eigenvalue weighted by Gasteiger charge is 2.03. The summed E-state index contributed by atoms with van der Waals surface area (Å²) in [5.41, 5.74) is 2.47. The van der Waals surface area contributed by atoms with Gasteiger partial charge in [0.2, 0.25) is 0 Å². The predicted octanol–water partition coefficient (Wildman–Crippen LogP) is 3.32. The third-order valence-electron chi connectivity index (χ3n) is 2.22. The van der Waals surface area contributed by atoms with E-state index < -0.39 is 0 Å². The third kappa shape index (κ3) is 1.48. The van der Waals surface area contributed by atoms with E-state index in [0.717, 1.165) is 5.52 Å². The van der Waals surface area contributed by atoms with Crippen molar-refractivity contribution in [1.82, 2.24) is 8.81 Å². The SMILES string of the molecule is CC(C)c1ccc2c(cnn2Br)c1. The van der Waals surface area contributed by atoms with E-state index in [1.165, 1.54) is 10.9 Å². The van der Waals surface area contributed by atoms with E-state index >= 15 is 0 Å². The lowest BCUT2D eigenvalue weighted by molar-refractivity contribution is 0.869. The van der Waals surface area contributed by atoms with E-state index in [-0.39, 0.29) is 0 Å². The van der Waals surface area contributed by atoms with Crippen LogP contribution >= 0.6 is 16.1 Å². The molecule has 0 spiro atoms. The van der Waals surface area contributed by atoms with Gasteiger partial charge in [-0.05, 0) is 23.6 Å². The Balaban J connectivity index is 2.63. The highest BCUT2D eigenvalue weighted by Crippen LogP contribution is 2.21. The zero-order valence-electron chi connectivity index (χ0n) is 7.66. The molecule has 0 bridgehead atoms. The molecule has 2 nitrogen and oxygen atoms in total. The van der Waals surface area contributed by atoms with Gasteiger partial charge in [0.25, 0.3) is 0 Å². The van der Waals surface area contributed by atoms with Crippen LogP contribution in [0.2, 0.25) is 0 Å². The second kappa shape index (κ2) is 3.14. The van der Waals surface area contributed by atoms with Crippen LogP contribution in [0.3, 0.4) is 0 Å². The minimum absolute atomic E-state index is 0.572. The lowest BCUT2D eigenvalue weighted by atomic mass is 10.0. The Morgan fingerprint density at radius 3 is 2.85 bits per heavy atom. The molecule has 0 unspecified atom stereocenters. The maximum absolute atomic E-state index is 4.13. The van der Waals surface area contributed by atoms with Gasteiger partial charge in [0.1, 0.15) is 0 Å². The van der Waals surface area contributed by atoms with Crippen molar-refractivity contribution in [3.63, 3.8) is 0 Å². The van der Waals surface area contributed by atoms with Crippen molar-refractivity contribution in [2.75, 3.05) is 0 Å². The van der Waals surface area contributed by atoms with Gasteiger partial charge in [0, 0.05) is 5.39 Å². The second-order valence-electron chi connectivity index (χ2n) is 3.48. The molecule has 0 N–H and O–H groups in total. The standard InChI is InChI=1S/C10H11BrN2/c1-7(2)8-3-4-10-9(5-8)6-12-13(10)11/h3-7H,1-2H3. The van der Waals surface area contributed by atoms with Crippen molar-refractivity contribution in [3.05, 3.63) is 30.0 Å². The zero-order valence-corrected chi connectivity index (χ0v) is 9.25. The molecule has 0 aliphatic rings. The minimum Gasteiger partial charge on any atom is -0.197 e. The van der Waals surface area contributed by atoms with Crippen LogP contribution in [-0.2, 0) is 0 Å². The lowest BCUT2D eigenvalue weighted by Crippen LogP contribution is -1.86. The summed E-state index contributed by atoms with van der Waals surface area (Å²) >= 11 is 3.33. The molecule has 1 aromatic heterocycles. The Bertz CT molecular complexity index is 431. The van der Waals surface area contributed by atoms with Crippen molar-refractivity contribution in [2.24, 2.45) is 0 Å². The summed E-state index contributed by atoms with van der Waals surface area (Å²) in [6.45, 7) is 4.39. The molecule has 0 aliphatic heterocycles. The summed E-state index contributed by atoms with van der Waals surface area (Å²) in [5.74, 6) is 0.572. The van der Waals surface area contributed by atoms with Gasteiger partial charge in [-0.1, -0.05) is 19.9 Å². The van der Waals surface area contributed by atoms with Crippen LogP contribution in [-0.4, -0.2) is 8.81 Å². The highest BCUT2D eigenvalue weighted by molar-refractivity contribution is 9.08. The van der Waals surface area contributed by atoms with Crippen LogP contribution < -0.4 is 0 Å². The van der Waals surface area contributed by atoms with E-state index in [1.807, 2.05) is 6.20 Å². The van der Waals surface area contributed by atoms with Gasteiger partial charge in [-0.2, -0.15) is 8.81 Å². The fourth-order valence-corrected chi connectivity index (χ4v) is 1.79. The molecule has 68 valence electrons. The van der Waals surface area contributed by atoms with E-state index in [4.69, 9.17) is 0 Å². The largest absolute Gasteiger partial charge is 0.197 e. The average Bonchev–Trinajstić information content (AvgIpc) is 2.47. The first-order valence-electron chi connectivity index (χ1n) is 4.32. The molecule has 0 radical (unpaired) electrons. The summed E-state index contributed by atoms with van der Waals surface area (Å²) < 4.78 is 1.71. The average molecular weight is 239 g/mol. The van der Waals surface area contributed by atoms with Gasteiger partial charge in [0.05, 0.1) is 27.9 Å². The van der Waals surface area contributed by atoms with E-state index in [0.29, 0.717) is 5.92 Å². The van der Waals surface area contributed by atoms with Crippen LogP contribution in [0.5, 0.6) is 0 Å². The topological polar surface area (TPSA) is 17.8 Å². The number of hydrogen-bond donors (Lipinski definition) is 0. The van der Waals surface area contributed by atoms with Gasteiger partial charge in [-0.25, -0.2) is 0 Å². The Labute approximate surface area is 85.9 Å². The molecule has 0 amide bonds.